The molecule has 0 saturated heterocycles. The van der Waals surface area contributed by atoms with Crippen molar-refractivity contribution in [2.75, 3.05) is 11.4 Å². The van der Waals surface area contributed by atoms with E-state index < -0.39 is 12.0 Å². The molecule has 0 fully saturated rings. The summed E-state index contributed by atoms with van der Waals surface area (Å²) in [4.78, 5) is 14.7. The summed E-state index contributed by atoms with van der Waals surface area (Å²) in [5.41, 5.74) is 7.79. The Kier molecular flexibility index (Phi) is 4.53. The summed E-state index contributed by atoms with van der Waals surface area (Å²) in [7, 11) is 0. The van der Waals surface area contributed by atoms with Gasteiger partial charge in [-0.2, -0.15) is 0 Å². The number of fused-ring (bicyclic) bond motifs is 1. The van der Waals surface area contributed by atoms with Gasteiger partial charge in [0.1, 0.15) is 17.7 Å². The lowest BCUT2D eigenvalue weighted by Gasteiger charge is -2.36. The molecule has 2 aromatic rings. The smallest absolute Gasteiger partial charge is 0.231 e. The SMILES string of the molecule is CC1CN(C(=O)C(C)C(N)c2ccccc2)c2ccc(F)cc2O1. The topological polar surface area (TPSA) is 55.6 Å². The molecule has 3 unspecified atom stereocenters. The number of nitrogens with two attached hydrogens (primary N) is 1. The van der Waals surface area contributed by atoms with E-state index in [-0.39, 0.29) is 17.8 Å². The van der Waals surface area contributed by atoms with E-state index >= 15 is 0 Å². The van der Waals surface area contributed by atoms with Crippen LogP contribution in [0.4, 0.5) is 10.1 Å². The third-order valence-electron chi connectivity index (χ3n) is 4.36. The lowest BCUT2D eigenvalue weighted by Crippen LogP contribution is -2.46. The third kappa shape index (κ3) is 3.12. The van der Waals surface area contributed by atoms with Crippen molar-refractivity contribution >= 4 is 11.6 Å². The average Bonchev–Trinajstić information content (AvgIpc) is 2.59. The van der Waals surface area contributed by atoms with Gasteiger partial charge in [-0.3, -0.25) is 4.79 Å². The molecule has 0 aliphatic carbocycles. The van der Waals surface area contributed by atoms with Crippen molar-refractivity contribution in [3.05, 3.63) is 59.9 Å². The first-order valence-corrected chi connectivity index (χ1v) is 8.05. The van der Waals surface area contributed by atoms with Crippen molar-refractivity contribution in [1.82, 2.24) is 0 Å². The van der Waals surface area contributed by atoms with Gasteiger partial charge in [-0.15, -0.1) is 0 Å². The van der Waals surface area contributed by atoms with Crippen LogP contribution in [-0.2, 0) is 4.79 Å². The van der Waals surface area contributed by atoms with Crippen LogP contribution in [-0.4, -0.2) is 18.6 Å². The van der Waals surface area contributed by atoms with E-state index in [1.165, 1.54) is 12.1 Å². The highest BCUT2D eigenvalue weighted by atomic mass is 19.1. The quantitative estimate of drug-likeness (QED) is 0.941. The summed E-state index contributed by atoms with van der Waals surface area (Å²) in [6, 6.07) is 13.4. The number of hydrogen-bond acceptors (Lipinski definition) is 3. The number of nitrogens with zero attached hydrogens (tertiary/aromatic N) is 1. The van der Waals surface area contributed by atoms with Crippen LogP contribution in [0.1, 0.15) is 25.5 Å². The molecule has 2 aromatic carbocycles. The molecule has 0 bridgehead atoms. The molecule has 1 amide bonds. The number of amides is 1. The van der Waals surface area contributed by atoms with Crippen molar-refractivity contribution in [3.8, 4) is 5.75 Å². The summed E-state index contributed by atoms with van der Waals surface area (Å²) in [6.45, 7) is 4.10. The van der Waals surface area contributed by atoms with Crippen molar-refractivity contribution < 1.29 is 13.9 Å². The summed E-state index contributed by atoms with van der Waals surface area (Å²) in [6.07, 6.45) is -0.205. The Morgan fingerprint density at radius 2 is 2.00 bits per heavy atom. The van der Waals surface area contributed by atoms with E-state index in [0.29, 0.717) is 18.0 Å². The van der Waals surface area contributed by atoms with Gasteiger partial charge < -0.3 is 15.4 Å². The highest BCUT2D eigenvalue weighted by Crippen LogP contribution is 2.35. The normalized spacial score (nSPS) is 19.2. The molecule has 3 atom stereocenters. The Hall–Kier alpha value is -2.40. The predicted molar refractivity (Wildman–Crippen MR) is 91.4 cm³/mol. The van der Waals surface area contributed by atoms with Gasteiger partial charge >= 0.3 is 0 Å². The number of anilines is 1. The maximum absolute atomic E-state index is 13.5. The molecule has 0 spiro atoms. The number of rotatable bonds is 3. The van der Waals surface area contributed by atoms with E-state index in [2.05, 4.69) is 0 Å². The van der Waals surface area contributed by atoms with E-state index in [1.54, 1.807) is 11.0 Å². The largest absolute Gasteiger partial charge is 0.487 e. The van der Waals surface area contributed by atoms with Gasteiger partial charge in [0.25, 0.3) is 0 Å². The summed E-state index contributed by atoms with van der Waals surface area (Å²) in [5.74, 6) is -0.489. The fourth-order valence-corrected chi connectivity index (χ4v) is 2.99. The summed E-state index contributed by atoms with van der Waals surface area (Å²) < 4.78 is 19.1. The molecule has 5 heteroatoms. The van der Waals surface area contributed by atoms with Crippen LogP contribution in [0.2, 0.25) is 0 Å². The van der Waals surface area contributed by atoms with E-state index in [4.69, 9.17) is 10.5 Å². The Morgan fingerprint density at radius 1 is 1.29 bits per heavy atom. The molecule has 2 N–H and O–H groups in total. The second kappa shape index (κ2) is 6.61. The molecule has 0 aromatic heterocycles. The van der Waals surface area contributed by atoms with Gasteiger partial charge in [0.15, 0.2) is 0 Å². The van der Waals surface area contributed by atoms with Gasteiger partial charge in [0, 0.05) is 12.1 Å². The molecule has 24 heavy (non-hydrogen) atoms. The van der Waals surface area contributed by atoms with Gasteiger partial charge in [0.05, 0.1) is 18.2 Å². The number of halogens is 1. The van der Waals surface area contributed by atoms with Gasteiger partial charge in [-0.25, -0.2) is 4.39 Å². The minimum absolute atomic E-state index is 0.0886. The minimum Gasteiger partial charge on any atom is -0.487 e. The van der Waals surface area contributed by atoms with Crippen molar-refractivity contribution in [3.63, 3.8) is 0 Å². The molecule has 0 saturated carbocycles. The summed E-state index contributed by atoms with van der Waals surface area (Å²) in [5, 5.41) is 0. The minimum atomic E-state index is -0.407. The number of carbonyl (C=O) groups is 1. The average molecular weight is 328 g/mol. The van der Waals surface area contributed by atoms with Gasteiger partial charge in [-0.05, 0) is 24.6 Å². The Bertz CT molecular complexity index is 735. The second-order valence-corrected chi connectivity index (χ2v) is 6.21. The predicted octanol–water partition coefficient (Wildman–Crippen LogP) is 3.28. The van der Waals surface area contributed by atoms with Crippen LogP contribution in [0.3, 0.4) is 0 Å². The zero-order valence-electron chi connectivity index (χ0n) is 13.8. The lowest BCUT2D eigenvalue weighted by atomic mass is 9.93. The summed E-state index contributed by atoms with van der Waals surface area (Å²) >= 11 is 0. The van der Waals surface area contributed by atoms with Crippen LogP contribution in [0, 0.1) is 11.7 Å². The van der Waals surface area contributed by atoms with Crippen LogP contribution in [0.25, 0.3) is 0 Å². The van der Waals surface area contributed by atoms with Crippen molar-refractivity contribution in [2.24, 2.45) is 11.7 Å². The van der Waals surface area contributed by atoms with Crippen LogP contribution >= 0.6 is 0 Å². The monoisotopic (exact) mass is 328 g/mol. The standard InChI is InChI=1S/C19H21FN2O2/c1-12-11-22(16-9-8-15(20)10-17(16)24-12)19(23)13(2)18(21)14-6-4-3-5-7-14/h3-10,12-13,18H,11,21H2,1-2H3. The number of ether oxygens (including phenoxy) is 1. The zero-order valence-corrected chi connectivity index (χ0v) is 13.8. The number of carbonyl (C=O) groups excluding carboxylic acids is 1. The van der Waals surface area contributed by atoms with E-state index in [1.807, 2.05) is 44.2 Å². The molecule has 3 rings (SSSR count). The van der Waals surface area contributed by atoms with E-state index in [0.717, 1.165) is 5.56 Å². The fourth-order valence-electron chi connectivity index (χ4n) is 2.99. The Labute approximate surface area is 141 Å². The van der Waals surface area contributed by atoms with E-state index in [9.17, 15) is 9.18 Å². The molecule has 1 heterocycles. The number of hydrogen-bond donors (Lipinski definition) is 1. The second-order valence-electron chi connectivity index (χ2n) is 6.21. The van der Waals surface area contributed by atoms with Crippen LogP contribution < -0.4 is 15.4 Å². The Morgan fingerprint density at radius 3 is 2.71 bits per heavy atom. The van der Waals surface area contributed by atoms with Gasteiger partial charge in [0.2, 0.25) is 5.91 Å². The van der Waals surface area contributed by atoms with Crippen LogP contribution in [0.15, 0.2) is 48.5 Å². The molecule has 1 aliphatic rings. The molecule has 0 radical (unpaired) electrons. The molecule has 126 valence electrons. The highest BCUT2D eigenvalue weighted by molar-refractivity contribution is 5.97. The first kappa shape index (κ1) is 16.5. The lowest BCUT2D eigenvalue weighted by molar-refractivity contribution is -0.123. The molecular weight excluding hydrogens is 307 g/mol. The molecule has 4 nitrogen and oxygen atoms in total. The molecule has 1 aliphatic heterocycles. The maximum Gasteiger partial charge on any atom is 0.231 e. The number of benzene rings is 2. The van der Waals surface area contributed by atoms with Crippen LogP contribution in [0.5, 0.6) is 5.75 Å². The zero-order chi connectivity index (χ0) is 17.3. The third-order valence-corrected chi connectivity index (χ3v) is 4.36. The first-order chi connectivity index (χ1) is 11.5. The maximum atomic E-state index is 13.5. The Balaban J connectivity index is 1.87. The van der Waals surface area contributed by atoms with Gasteiger partial charge in [-0.1, -0.05) is 37.3 Å². The fraction of sp³-hybridized carbons (Fsp3) is 0.316. The van der Waals surface area contributed by atoms with Crippen molar-refractivity contribution in [1.29, 1.82) is 0 Å². The van der Waals surface area contributed by atoms with Crippen molar-refractivity contribution in [2.45, 2.75) is 26.0 Å². The highest BCUT2D eigenvalue weighted by Gasteiger charge is 2.33. The molecular formula is C19H21FN2O2. The first-order valence-electron chi connectivity index (χ1n) is 8.05.